The Labute approximate surface area is 130 Å². The second-order valence-electron chi connectivity index (χ2n) is 4.43. The first-order chi connectivity index (χ1) is 9.60. The van der Waals surface area contributed by atoms with Gasteiger partial charge >= 0.3 is 0 Å². The van der Waals surface area contributed by atoms with Crippen LogP contribution in [-0.2, 0) is 4.79 Å². The van der Waals surface area contributed by atoms with E-state index >= 15 is 0 Å². The lowest BCUT2D eigenvalue weighted by Gasteiger charge is -2.22. The lowest BCUT2D eigenvalue weighted by atomic mass is 9.91. The summed E-state index contributed by atoms with van der Waals surface area (Å²) in [5.74, 6) is 0.438. The number of anilines is 2. The fourth-order valence-electron chi connectivity index (χ4n) is 2.27. The van der Waals surface area contributed by atoms with Crippen molar-refractivity contribution in [2.24, 2.45) is 0 Å². The van der Waals surface area contributed by atoms with Crippen LogP contribution in [0.2, 0.25) is 10.0 Å². The Bertz CT molecular complexity index is 686. The fraction of sp³-hybridized carbons (Fsp3) is 0.231. The van der Waals surface area contributed by atoms with E-state index in [9.17, 15) is 4.79 Å². The Kier molecular flexibility index (Phi) is 3.58. The van der Waals surface area contributed by atoms with Crippen molar-refractivity contribution in [3.63, 3.8) is 0 Å². The summed E-state index contributed by atoms with van der Waals surface area (Å²) in [7, 11) is 1.80. The average molecular weight is 328 g/mol. The third-order valence-corrected chi connectivity index (χ3v) is 5.21. The zero-order valence-corrected chi connectivity index (χ0v) is 12.9. The van der Waals surface area contributed by atoms with Gasteiger partial charge in [0.05, 0.1) is 14.9 Å². The van der Waals surface area contributed by atoms with Gasteiger partial charge in [0.2, 0.25) is 5.91 Å². The molecule has 0 fully saturated rings. The molecule has 0 aliphatic carbocycles. The first-order valence-corrected chi connectivity index (χ1v) is 7.59. The van der Waals surface area contributed by atoms with Crippen LogP contribution in [0, 0.1) is 0 Å². The third kappa shape index (κ3) is 2.26. The molecule has 1 atom stereocenters. The molecule has 0 saturated carbocycles. The van der Waals surface area contributed by atoms with Gasteiger partial charge in [0.15, 0.2) is 5.13 Å². The molecule has 0 saturated heterocycles. The van der Waals surface area contributed by atoms with Crippen molar-refractivity contribution >= 4 is 51.4 Å². The number of aromatic nitrogens is 1. The van der Waals surface area contributed by atoms with E-state index in [2.05, 4.69) is 15.6 Å². The largest absolute Gasteiger partial charge is 0.365 e. The Hall–Kier alpha value is -1.30. The van der Waals surface area contributed by atoms with Crippen LogP contribution in [-0.4, -0.2) is 17.9 Å². The Morgan fingerprint density at radius 3 is 3.00 bits per heavy atom. The van der Waals surface area contributed by atoms with Gasteiger partial charge in [-0.15, -0.1) is 0 Å². The molecule has 7 heteroatoms. The lowest BCUT2D eigenvalue weighted by molar-refractivity contribution is -0.116. The van der Waals surface area contributed by atoms with Crippen LogP contribution in [0.5, 0.6) is 0 Å². The van der Waals surface area contributed by atoms with Gasteiger partial charge in [0, 0.05) is 19.4 Å². The van der Waals surface area contributed by atoms with E-state index in [1.54, 1.807) is 13.1 Å². The number of nitrogens with one attached hydrogen (secondary N) is 2. The van der Waals surface area contributed by atoms with Gasteiger partial charge in [-0.1, -0.05) is 46.7 Å². The maximum atomic E-state index is 11.9. The molecular formula is C13H11Cl2N3OS. The Morgan fingerprint density at radius 2 is 2.25 bits per heavy atom. The molecule has 2 aromatic rings. The van der Waals surface area contributed by atoms with Gasteiger partial charge in [-0.2, -0.15) is 0 Å². The van der Waals surface area contributed by atoms with Crippen LogP contribution in [0.25, 0.3) is 0 Å². The van der Waals surface area contributed by atoms with Gasteiger partial charge in [-0.25, -0.2) is 4.98 Å². The minimum absolute atomic E-state index is 0.0634. The van der Waals surface area contributed by atoms with Crippen molar-refractivity contribution in [1.82, 2.24) is 4.98 Å². The van der Waals surface area contributed by atoms with E-state index in [1.165, 1.54) is 11.3 Å². The molecule has 0 spiro atoms. The van der Waals surface area contributed by atoms with Gasteiger partial charge in [-0.3, -0.25) is 4.79 Å². The predicted molar refractivity (Wildman–Crippen MR) is 83.2 cm³/mol. The second kappa shape index (κ2) is 5.24. The zero-order valence-electron chi connectivity index (χ0n) is 10.5. The van der Waals surface area contributed by atoms with E-state index in [4.69, 9.17) is 23.2 Å². The van der Waals surface area contributed by atoms with Crippen molar-refractivity contribution in [3.8, 4) is 0 Å². The maximum absolute atomic E-state index is 11.9. The Morgan fingerprint density at radius 1 is 1.45 bits per heavy atom. The maximum Gasteiger partial charge on any atom is 0.226 e. The standard InChI is InChI=1S/C13H11Cl2N3OS/c1-16-13-18-12-11(20-13)7(5-9(19)17-12)6-3-2-4-8(14)10(6)15/h2-4,7H,5H2,1H3,(H,16,18)(H,17,19). The topological polar surface area (TPSA) is 54.0 Å². The number of hydrogen-bond acceptors (Lipinski definition) is 4. The van der Waals surface area contributed by atoms with Crippen LogP contribution >= 0.6 is 34.5 Å². The van der Waals surface area contributed by atoms with Crippen molar-refractivity contribution in [2.45, 2.75) is 12.3 Å². The van der Waals surface area contributed by atoms with Crippen molar-refractivity contribution < 1.29 is 4.79 Å². The summed E-state index contributed by atoms with van der Waals surface area (Å²) in [6, 6.07) is 5.48. The molecule has 0 radical (unpaired) electrons. The first kappa shape index (κ1) is 13.7. The fourth-order valence-corrected chi connectivity index (χ4v) is 3.70. The SMILES string of the molecule is CNc1nc2c(s1)C(c1cccc(Cl)c1Cl)CC(=O)N2. The number of halogens is 2. The van der Waals surface area contributed by atoms with Gasteiger partial charge < -0.3 is 10.6 Å². The normalized spacial score (nSPS) is 17.6. The highest BCUT2D eigenvalue weighted by Crippen LogP contribution is 2.45. The highest BCUT2D eigenvalue weighted by atomic mass is 35.5. The van der Waals surface area contributed by atoms with E-state index in [1.807, 2.05) is 12.1 Å². The molecule has 2 N–H and O–H groups in total. The summed E-state index contributed by atoms with van der Waals surface area (Å²) in [5.41, 5.74) is 0.863. The molecule has 104 valence electrons. The molecule has 20 heavy (non-hydrogen) atoms. The second-order valence-corrected chi connectivity index (χ2v) is 6.25. The molecule has 1 unspecified atom stereocenters. The molecule has 1 aromatic carbocycles. The molecule has 1 aromatic heterocycles. The van der Waals surface area contributed by atoms with Crippen LogP contribution in [0.3, 0.4) is 0 Å². The van der Waals surface area contributed by atoms with Crippen LogP contribution in [0.1, 0.15) is 22.8 Å². The number of rotatable bonds is 2. The van der Waals surface area contributed by atoms with Gasteiger partial charge in [0.1, 0.15) is 5.82 Å². The minimum atomic E-state index is -0.107. The summed E-state index contributed by atoms with van der Waals surface area (Å²) < 4.78 is 0. The van der Waals surface area contributed by atoms with E-state index in [0.717, 1.165) is 15.6 Å². The summed E-state index contributed by atoms with van der Waals surface area (Å²) in [5, 5.41) is 7.55. The van der Waals surface area contributed by atoms with Crippen LogP contribution in [0.4, 0.5) is 10.9 Å². The number of fused-ring (bicyclic) bond motifs is 1. The number of thiazole rings is 1. The number of carbonyl (C=O) groups is 1. The highest BCUT2D eigenvalue weighted by Gasteiger charge is 2.31. The summed E-state index contributed by atoms with van der Waals surface area (Å²) in [4.78, 5) is 17.2. The number of nitrogens with zero attached hydrogens (tertiary/aromatic N) is 1. The average Bonchev–Trinajstić information content (AvgIpc) is 2.84. The van der Waals surface area contributed by atoms with Crippen molar-refractivity contribution in [3.05, 3.63) is 38.7 Å². The van der Waals surface area contributed by atoms with Crippen molar-refractivity contribution in [2.75, 3.05) is 17.7 Å². The van der Waals surface area contributed by atoms with E-state index in [0.29, 0.717) is 22.3 Å². The number of carbonyl (C=O) groups excluding carboxylic acids is 1. The zero-order chi connectivity index (χ0) is 14.3. The van der Waals surface area contributed by atoms with E-state index < -0.39 is 0 Å². The molecule has 4 nitrogen and oxygen atoms in total. The molecule has 3 rings (SSSR count). The molecule has 2 heterocycles. The monoisotopic (exact) mass is 327 g/mol. The third-order valence-electron chi connectivity index (χ3n) is 3.19. The summed E-state index contributed by atoms with van der Waals surface area (Å²) in [6.45, 7) is 0. The van der Waals surface area contributed by atoms with Gasteiger partial charge in [0.25, 0.3) is 0 Å². The molecule has 1 aliphatic heterocycles. The molecular weight excluding hydrogens is 317 g/mol. The van der Waals surface area contributed by atoms with Crippen molar-refractivity contribution in [1.29, 1.82) is 0 Å². The number of hydrogen-bond donors (Lipinski definition) is 2. The minimum Gasteiger partial charge on any atom is -0.365 e. The summed E-state index contributed by atoms with van der Waals surface area (Å²) >= 11 is 13.9. The number of benzene rings is 1. The molecule has 0 bridgehead atoms. The smallest absolute Gasteiger partial charge is 0.226 e. The first-order valence-electron chi connectivity index (χ1n) is 6.02. The highest BCUT2D eigenvalue weighted by molar-refractivity contribution is 7.16. The lowest BCUT2D eigenvalue weighted by Crippen LogP contribution is -2.22. The quantitative estimate of drug-likeness (QED) is 0.877. The van der Waals surface area contributed by atoms with Crippen LogP contribution < -0.4 is 10.6 Å². The van der Waals surface area contributed by atoms with Gasteiger partial charge in [-0.05, 0) is 11.6 Å². The van der Waals surface area contributed by atoms with Crippen LogP contribution in [0.15, 0.2) is 18.2 Å². The number of amides is 1. The Balaban J connectivity index is 2.12. The summed E-state index contributed by atoms with van der Waals surface area (Å²) in [6.07, 6.45) is 0.346. The molecule has 1 amide bonds. The molecule has 1 aliphatic rings. The van der Waals surface area contributed by atoms with E-state index in [-0.39, 0.29) is 11.8 Å². The predicted octanol–water partition coefficient (Wildman–Crippen LogP) is 3.97.